The van der Waals surface area contributed by atoms with E-state index in [-0.39, 0.29) is 5.75 Å². The Balaban J connectivity index is 1.66. The van der Waals surface area contributed by atoms with Gasteiger partial charge in [0, 0.05) is 17.8 Å². The zero-order chi connectivity index (χ0) is 24.3. The fourth-order valence-electron chi connectivity index (χ4n) is 3.92. The smallest absolute Gasteiger partial charge is 0.416 e. The molecule has 0 aliphatic carbocycles. The molecule has 0 amide bonds. The van der Waals surface area contributed by atoms with Gasteiger partial charge in [0.1, 0.15) is 5.75 Å². The number of fused-ring (bicyclic) bond motifs is 1. The summed E-state index contributed by atoms with van der Waals surface area (Å²) in [6.45, 7) is 6.87. The summed E-state index contributed by atoms with van der Waals surface area (Å²) >= 11 is 0. The second kappa shape index (κ2) is 9.77. The molecule has 0 saturated heterocycles. The number of hydrogen-bond acceptors (Lipinski definition) is 4. The molecular weight excluding hydrogens is 441 g/mol. The number of imidazole rings is 1. The van der Waals surface area contributed by atoms with Crippen molar-refractivity contribution < 1.29 is 18.3 Å². The molecule has 0 spiro atoms. The number of alkyl halides is 3. The molecule has 0 aliphatic heterocycles. The fraction of sp³-hybridized carbons (Fsp3) is 0.269. The molecule has 3 aromatic carbocycles. The van der Waals surface area contributed by atoms with Gasteiger partial charge in [-0.05, 0) is 61.1 Å². The number of hydrogen-bond donors (Lipinski definition) is 2. The van der Waals surface area contributed by atoms with Crippen molar-refractivity contribution in [1.82, 2.24) is 14.5 Å². The number of anilines is 2. The van der Waals surface area contributed by atoms with Gasteiger partial charge in [0.15, 0.2) is 0 Å². The van der Waals surface area contributed by atoms with Crippen LogP contribution in [0.5, 0.6) is 5.75 Å². The van der Waals surface area contributed by atoms with Crippen molar-refractivity contribution in [2.75, 3.05) is 18.4 Å². The van der Waals surface area contributed by atoms with Gasteiger partial charge in [-0.2, -0.15) is 13.2 Å². The molecule has 8 heteroatoms. The summed E-state index contributed by atoms with van der Waals surface area (Å²) in [6.07, 6.45) is -4.37. The normalized spacial score (nSPS) is 11.9. The first-order valence-corrected chi connectivity index (χ1v) is 11.2. The lowest BCUT2D eigenvalue weighted by atomic mass is 10.1. The number of rotatable bonds is 8. The number of nitrogens with zero attached hydrogens (tertiary/aromatic N) is 3. The Morgan fingerprint density at radius 1 is 0.971 bits per heavy atom. The van der Waals surface area contributed by atoms with Gasteiger partial charge in [-0.25, -0.2) is 4.98 Å². The van der Waals surface area contributed by atoms with Gasteiger partial charge in [0.2, 0.25) is 5.95 Å². The van der Waals surface area contributed by atoms with Gasteiger partial charge in [-0.1, -0.05) is 38.1 Å². The lowest BCUT2D eigenvalue weighted by molar-refractivity contribution is -0.137. The summed E-state index contributed by atoms with van der Waals surface area (Å²) < 4.78 is 40.8. The number of halogens is 3. The quantitative estimate of drug-likeness (QED) is 0.294. The van der Waals surface area contributed by atoms with E-state index in [0.717, 1.165) is 53.1 Å². The van der Waals surface area contributed by atoms with E-state index in [2.05, 4.69) is 24.1 Å². The van der Waals surface area contributed by atoms with Crippen LogP contribution >= 0.6 is 0 Å². The monoisotopic (exact) mass is 468 g/mol. The zero-order valence-corrected chi connectivity index (χ0v) is 19.1. The van der Waals surface area contributed by atoms with Crippen LogP contribution in [0, 0.1) is 0 Å². The Labute approximate surface area is 196 Å². The van der Waals surface area contributed by atoms with Gasteiger partial charge >= 0.3 is 6.18 Å². The van der Waals surface area contributed by atoms with Crippen LogP contribution in [0.2, 0.25) is 0 Å². The largest absolute Gasteiger partial charge is 0.508 e. The lowest BCUT2D eigenvalue weighted by Crippen LogP contribution is -2.22. The average molecular weight is 469 g/mol. The predicted molar refractivity (Wildman–Crippen MR) is 128 cm³/mol. The summed E-state index contributed by atoms with van der Waals surface area (Å²) in [5.41, 5.74) is 3.27. The van der Waals surface area contributed by atoms with Crippen molar-refractivity contribution >= 4 is 22.7 Å². The Kier molecular flexibility index (Phi) is 6.79. The van der Waals surface area contributed by atoms with E-state index in [1.165, 1.54) is 12.1 Å². The summed E-state index contributed by atoms with van der Waals surface area (Å²) in [5.74, 6) is 0.802. The number of phenols is 1. The number of benzene rings is 3. The number of phenolic OH excluding ortho intramolecular Hbond substituents is 1. The minimum atomic E-state index is -4.37. The van der Waals surface area contributed by atoms with E-state index in [4.69, 9.17) is 4.98 Å². The maximum Gasteiger partial charge on any atom is 0.416 e. The lowest BCUT2D eigenvalue weighted by Gasteiger charge is -2.19. The summed E-state index contributed by atoms with van der Waals surface area (Å²) in [4.78, 5) is 6.91. The number of nitrogens with one attached hydrogen (secondary N) is 1. The number of aromatic nitrogens is 2. The summed E-state index contributed by atoms with van der Waals surface area (Å²) in [7, 11) is 0. The molecular formula is C26H27F3N4O. The molecule has 0 bridgehead atoms. The maximum atomic E-state index is 13.0. The van der Waals surface area contributed by atoms with E-state index in [9.17, 15) is 18.3 Å². The first-order chi connectivity index (χ1) is 16.3. The predicted octanol–water partition coefficient (Wildman–Crippen LogP) is 6.39. The first kappa shape index (κ1) is 23.6. The highest BCUT2D eigenvalue weighted by atomic mass is 19.4. The van der Waals surface area contributed by atoms with Crippen LogP contribution in [-0.4, -0.2) is 32.6 Å². The molecule has 0 radical (unpaired) electrons. The van der Waals surface area contributed by atoms with Crippen LogP contribution in [0.4, 0.5) is 24.8 Å². The Morgan fingerprint density at radius 3 is 2.35 bits per heavy atom. The second-order valence-electron chi connectivity index (χ2n) is 8.13. The van der Waals surface area contributed by atoms with Gasteiger partial charge in [0.25, 0.3) is 0 Å². The summed E-state index contributed by atoms with van der Waals surface area (Å²) in [6, 6.07) is 18.1. The molecule has 0 fully saturated rings. The van der Waals surface area contributed by atoms with Gasteiger partial charge in [0.05, 0.1) is 23.1 Å². The van der Waals surface area contributed by atoms with E-state index >= 15 is 0 Å². The molecule has 4 aromatic rings. The molecule has 0 atom stereocenters. The third-order valence-electron chi connectivity index (χ3n) is 5.90. The number of aromatic hydroxyl groups is 1. The number of para-hydroxylation sites is 2. The third kappa shape index (κ3) is 5.17. The minimum absolute atomic E-state index is 0.232. The second-order valence-corrected chi connectivity index (χ2v) is 8.13. The van der Waals surface area contributed by atoms with Crippen LogP contribution < -0.4 is 5.32 Å². The molecule has 4 rings (SSSR count). The highest BCUT2D eigenvalue weighted by Gasteiger charge is 2.30. The van der Waals surface area contributed by atoms with E-state index < -0.39 is 11.7 Å². The van der Waals surface area contributed by atoms with Crippen LogP contribution in [0.15, 0.2) is 66.7 Å². The van der Waals surface area contributed by atoms with Crippen molar-refractivity contribution in [2.24, 2.45) is 0 Å². The standard InChI is InChI=1S/C26H27F3N4O/c1-3-32(4-2)17-19-15-21(13-14-24(19)34)30-25-31-22-7-5-6-8-23(22)33(25)16-18-9-11-20(12-10-18)26(27,28)29/h5-15,34H,3-4,16-17H2,1-2H3,(H,30,31). The van der Waals surface area contributed by atoms with Gasteiger partial charge in [-0.3, -0.25) is 4.90 Å². The highest BCUT2D eigenvalue weighted by Crippen LogP contribution is 2.31. The van der Waals surface area contributed by atoms with Gasteiger partial charge < -0.3 is 15.0 Å². The van der Waals surface area contributed by atoms with E-state index in [0.29, 0.717) is 19.0 Å². The summed E-state index contributed by atoms with van der Waals surface area (Å²) in [5, 5.41) is 13.7. The fourth-order valence-corrected chi connectivity index (χ4v) is 3.92. The zero-order valence-electron chi connectivity index (χ0n) is 19.1. The van der Waals surface area contributed by atoms with Crippen molar-refractivity contribution in [2.45, 2.75) is 33.1 Å². The SMILES string of the molecule is CCN(CC)Cc1cc(Nc2nc3ccccc3n2Cc2ccc(C(F)(F)F)cc2)ccc1O. The minimum Gasteiger partial charge on any atom is -0.508 e. The van der Waals surface area contributed by atoms with Crippen molar-refractivity contribution in [3.63, 3.8) is 0 Å². The van der Waals surface area contributed by atoms with Crippen molar-refractivity contribution in [3.05, 3.63) is 83.4 Å². The molecule has 1 aromatic heterocycles. The van der Waals surface area contributed by atoms with Crippen LogP contribution in [-0.2, 0) is 19.3 Å². The maximum absolute atomic E-state index is 13.0. The molecule has 34 heavy (non-hydrogen) atoms. The van der Waals surface area contributed by atoms with Crippen LogP contribution in [0.25, 0.3) is 11.0 Å². The molecule has 5 nitrogen and oxygen atoms in total. The average Bonchev–Trinajstić information content (AvgIpc) is 3.16. The molecule has 0 saturated carbocycles. The molecule has 2 N–H and O–H groups in total. The highest BCUT2D eigenvalue weighted by molar-refractivity contribution is 5.80. The Hall–Kier alpha value is -3.52. The van der Waals surface area contributed by atoms with Crippen molar-refractivity contribution in [3.8, 4) is 5.75 Å². The van der Waals surface area contributed by atoms with Crippen LogP contribution in [0.1, 0.15) is 30.5 Å². The first-order valence-electron chi connectivity index (χ1n) is 11.2. The molecule has 0 unspecified atom stereocenters. The van der Waals surface area contributed by atoms with Gasteiger partial charge in [-0.15, -0.1) is 0 Å². The topological polar surface area (TPSA) is 53.3 Å². The Bertz CT molecular complexity index is 1260. The molecule has 1 heterocycles. The molecule has 0 aliphatic rings. The van der Waals surface area contributed by atoms with Crippen molar-refractivity contribution in [1.29, 1.82) is 0 Å². The molecule has 178 valence electrons. The third-order valence-corrected chi connectivity index (χ3v) is 5.90. The van der Waals surface area contributed by atoms with E-state index in [1.54, 1.807) is 12.1 Å². The Morgan fingerprint density at radius 2 is 1.68 bits per heavy atom. The van der Waals surface area contributed by atoms with E-state index in [1.807, 2.05) is 34.9 Å². The van der Waals surface area contributed by atoms with Crippen LogP contribution in [0.3, 0.4) is 0 Å².